The molecule has 33 heavy (non-hydrogen) atoms. The van der Waals surface area contributed by atoms with Crippen molar-refractivity contribution in [2.24, 2.45) is 0 Å². The summed E-state index contributed by atoms with van der Waals surface area (Å²) in [7, 11) is 0. The summed E-state index contributed by atoms with van der Waals surface area (Å²) in [5.74, 6) is 0. The number of nitrogens with zero attached hydrogens (tertiary/aromatic N) is 2. The van der Waals surface area contributed by atoms with Gasteiger partial charge in [0, 0.05) is 38.6 Å². The van der Waals surface area contributed by atoms with Gasteiger partial charge >= 0.3 is 0 Å². The van der Waals surface area contributed by atoms with Crippen LogP contribution in [0.1, 0.15) is 0 Å². The van der Waals surface area contributed by atoms with Crippen LogP contribution >= 0.6 is 0 Å². The molecule has 156 valence electrons. The van der Waals surface area contributed by atoms with Gasteiger partial charge in [-0.3, -0.25) is 0 Å². The largest absolute Gasteiger partial charge is 0.399 e. The van der Waals surface area contributed by atoms with Crippen molar-refractivity contribution in [2.45, 2.75) is 0 Å². The number of aromatic nitrogens is 2. The van der Waals surface area contributed by atoms with Crippen molar-refractivity contribution in [3.05, 3.63) is 115 Å². The summed E-state index contributed by atoms with van der Waals surface area (Å²) in [5.41, 5.74) is 13.9. The predicted octanol–water partition coefficient (Wildman–Crippen LogP) is 7.46. The molecule has 0 atom stereocenters. The highest BCUT2D eigenvalue weighted by Crippen LogP contribution is 2.41. The van der Waals surface area contributed by atoms with Gasteiger partial charge in [-0.25, -0.2) is 0 Å². The van der Waals surface area contributed by atoms with Crippen LogP contribution in [-0.4, -0.2) is 9.13 Å². The van der Waals surface area contributed by atoms with Gasteiger partial charge in [0.05, 0.1) is 22.1 Å². The van der Waals surface area contributed by atoms with Gasteiger partial charge in [0.25, 0.3) is 0 Å². The Morgan fingerprint density at radius 3 is 1.39 bits per heavy atom. The summed E-state index contributed by atoms with van der Waals surface area (Å²) in [5, 5.41) is 5.00. The number of fused-ring (bicyclic) bond motifs is 7. The fourth-order valence-electron chi connectivity index (χ4n) is 5.24. The lowest BCUT2D eigenvalue weighted by Crippen LogP contribution is -1.98. The van der Waals surface area contributed by atoms with Crippen molar-refractivity contribution >= 4 is 49.3 Å². The van der Waals surface area contributed by atoms with Crippen LogP contribution < -0.4 is 5.73 Å². The zero-order chi connectivity index (χ0) is 21.9. The van der Waals surface area contributed by atoms with E-state index in [4.69, 9.17) is 5.73 Å². The van der Waals surface area contributed by atoms with Gasteiger partial charge in [-0.2, -0.15) is 0 Å². The lowest BCUT2D eigenvalue weighted by Gasteiger charge is -2.12. The highest BCUT2D eigenvalue weighted by Gasteiger charge is 2.20. The third-order valence-corrected chi connectivity index (χ3v) is 6.63. The topological polar surface area (TPSA) is 35.9 Å². The van der Waals surface area contributed by atoms with Crippen molar-refractivity contribution < 1.29 is 0 Å². The van der Waals surface area contributed by atoms with Crippen LogP contribution in [0.25, 0.3) is 55.0 Å². The summed E-state index contributed by atoms with van der Waals surface area (Å²) >= 11 is 0. The maximum atomic E-state index is 6.03. The molecule has 0 radical (unpaired) electrons. The third-order valence-electron chi connectivity index (χ3n) is 6.63. The van der Waals surface area contributed by atoms with Crippen molar-refractivity contribution in [2.75, 3.05) is 5.73 Å². The Morgan fingerprint density at radius 2 is 0.848 bits per heavy atom. The average Bonchev–Trinajstić information content (AvgIpc) is 3.38. The molecule has 0 fully saturated rings. The zero-order valence-electron chi connectivity index (χ0n) is 17.9. The van der Waals surface area contributed by atoms with Gasteiger partial charge in [-0.15, -0.1) is 0 Å². The second-order valence-corrected chi connectivity index (χ2v) is 8.49. The van der Waals surface area contributed by atoms with Gasteiger partial charge in [0.2, 0.25) is 0 Å². The Balaban J connectivity index is 1.78. The summed E-state index contributed by atoms with van der Waals surface area (Å²) in [6.07, 6.45) is 0. The Morgan fingerprint density at radius 1 is 0.394 bits per heavy atom. The molecule has 3 heteroatoms. The van der Waals surface area contributed by atoms with Gasteiger partial charge in [-0.05, 0) is 48.5 Å². The fraction of sp³-hybridized carbons (Fsp3) is 0. The van der Waals surface area contributed by atoms with Crippen molar-refractivity contribution in [1.82, 2.24) is 9.13 Å². The predicted molar refractivity (Wildman–Crippen MR) is 140 cm³/mol. The molecule has 3 nitrogen and oxygen atoms in total. The van der Waals surface area contributed by atoms with Gasteiger partial charge in [0.1, 0.15) is 0 Å². The smallest absolute Gasteiger partial charge is 0.0788 e. The van der Waals surface area contributed by atoms with Gasteiger partial charge < -0.3 is 14.9 Å². The number of nitrogen functional groups attached to an aromatic ring is 1. The van der Waals surface area contributed by atoms with Crippen LogP contribution in [0.15, 0.2) is 115 Å². The van der Waals surface area contributed by atoms with Crippen LogP contribution in [0.2, 0.25) is 0 Å². The maximum absolute atomic E-state index is 6.03. The van der Waals surface area contributed by atoms with Crippen LogP contribution in [0, 0.1) is 0 Å². The summed E-state index contributed by atoms with van der Waals surface area (Å²) in [6, 6.07) is 40.7. The monoisotopic (exact) mass is 423 g/mol. The minimum Gasteiger partial charge on any atom is -0.399 e. The summed E-state index contributed by atoms with van der Waals surface area (Å²) < 4.78 is 4.78. The van der Waals surface area contributed by atoms with E-state index >= 15 is 0 Å². The van der Waals surface area contributed by atoms with Crippen molar-refractivity contribution in [3.8, 4) is 11.4 Å². The fourth-order valence-corrected chi connectivity index (χ4v) is 5.24. The van der Waals surface area contributed by atoms with E-state index in [9.17, 15) is 0 Å². The zero-order valence-corrected chi connectivity index (χ0v) is 17.9. The number of rotatable bonds is 2. The first-order valence-electron chi connectivity index (χ1n) is 11.2. The molecule has 2 heterocycles. The minimum absolute atomic E-state index is 0.767. The quantitative estimate of drug-likeness (QED) is 0.288. The number of benzene rings is 5. The number of hydrogen-bond donors (Lipinski definition) is 1. The second kappa shape index (κ2) is 6.75. The molecule has 0 bridgehead atoms. The molecule has 0 amide bonds. The molecule has 0 aliphatic heterocycles. The molecular formula is C30H21N3. The highest BCUT2D eigenvalue weighted by atomic mass is 15.0. The van der Waals surface area contributed by atoms with Gasteiger partial charge in [0.15, 0.2) is 0 Å². The van der Waals surface area contributed by atoms with Crippen LogP contribution in [0.4, 0.5) is 5.69 Å². The van der Waals surface area contributed by atoms with E-state index < -0.39 is 0 Å². The van der Waals surface area contributed by atoms with E-state index in [-0.39, 0.29) is 0 Å². The van der Waals surface area contributed by atoms with E-state index in [1.807, 2.05) is 12.1 Å². The number of hydrogen-bond acceptors (Lipinski definition) is 1. The first-order chi connectivity index (χ1) is 16.3. The Bertz CT molecular complexity index is 1800. The van der Waals surface area contributed by atoms with E-state index in [2.05, 4.69) is 112 Å². The Labute approximate surface area is 190 Å². The van der Waals surface area contributed by atoms with Gasteiger partial charge in [-0.1, -0.05) is 66.7 Å². The molecule has 7 aromatic rings. The Hall–Kier alpha value is -4.50. The first-order valence-corrected chi connectivity index (χ1v) is 11.2. The summed E-state index contributed by atoms with van der Waals surface area (Å²) in [4.78, 5) is 0. The number of anilines is 1. The highest BCUT2D eigenvalue weighted by molar-refractivity contribution is 6.23. The van der Waals surface area contributed by atoms with Crippen molar-refractivity contribution in [3.63, 3.8) is 0 Å². The number of nitrogens with two attached hydrogens (primary N) is 1. The lowest BCUT2D eigenvalue weighted by atomic mass is 10.1. The van der Waals surface area contributed by atoms with Crippen LogP contribution in [-0.2, 0) is 0 Å². The molecule has 0 saturated carbocycles. The normalized spacial score (nSPS) is 11.8. The van der Waals surface area contributed by atoms with Crippen LogP contribution in [0.5, 0.6) is 0 Å². The molecule has 0 saturated heterocycles. The average molecular weight is 424 g/mol. The molecular weight excluding hydrogens is 402 g/mol. The standard InChI is InChI=1S/C30H21N3/c31-20-14-16-22(17-15-20)33-28-13-7-5-11-24(28)26-19-18-25-23-10-4-6-12-27(23)32(29(25)30(26)33)21-8-2-1-3-9-21/h1-19H,31H2. The van der Waals surface area contributed by atoms with Crippen molar-refractivity contribution in [1.29, 1.82) is 0 Å². The molecule has 2 N–H and O–H groups in total. The van der Waals surface area contributed by atoms with Crippen LogP contribution in [0.3, 0.4) is 0 Å². The van der Waals surface area contributed by atoms with E-state index in [0.717, 1.165) is 17.1 Å². The van der Waals surface area contributed by atoms with E-state index in [1.54, 1.807) is 0 Å². The number of para-hydroxylation sites is 3. The molecule has 0 unspecified atom stereocenters. The maximum Gasteiger partial charge on any atom is 0.0788 e. The Kier molecular flexibility index (Phi) is 3.70. The first kappa shape index (κ1) is 18.1. The SMILES string of the molecule is Nc1ccc(-n2c3ccccc3c3ccc4c5ccccc5n(-c5ccccc5)c4c32)cc1. The van der Waals surface area contributed by atoms with E-state index in [1.165, 1.54) is 43.6 Å². The molecule has 0 aliphatic carbocycles. The lowest BCUT2D eigenvalue weighted by molar-refractivity contribution is 1.15. The molecule has 0 aliphatic rings. The minimum atomic E-state index is 0.767. The molecule has 5 aromatic carbocycles. The molecule has 7 rings (SSSR count). The molecule has 2 aromatic heterocycles. The van der Waals surface area contributed by atoms with E-state index in [0.29, 0.717) is 0 Å². The molecule has 0 spiro atoms. The third kappa shape index (κ3) is 2.50. The summed E-state index contributed by atoms with van der Waals surface area (Å²) in [6.45, 7) is 0. The second-order valence-electron chi connectivity index (χ2n) is 8.49.